The lowest BCUT2D eigenvalue weighted by Crippen LogP contribution is -2.47. The average Bonchev–Trinajstić information content (AvgIpc) is 3.08. The molecule has 1 saturated heterocycles. The van der Waals surface area contributed by atoms with Crippen molar-refractivity contribution in [3.05, 3.63) is 47.0 Å². The molecule has 2 aliphatic rings. The summed E-state index contributed by atoms with van der Waals surface area (Å²) in [4.78, 5) is 39.4. The minimum Gasteiger partial charge on any atom is -0.447 e. The van der Waals surface area contributed by atoms with Gasteiger partial charge in [0.1, 0.15) is 12.5 Å². The van der Waals surface area contributed by atoms with E-state index in [-0.39, 0.29) is 30.3 Å². The fourth-order valence-electron chi connectivity index (χ4n) is 3.75. The smallest absolute Gasteiger partial charge is 0.417 e. The van der Waals surface area contributed by atoms with E-state index in [0.717, 1.165) is 16.0 Å². The Labute approximate surface area is 147 Å². The minimum absolute atomic E-state index is 0.0669. The van der Waals surface area contributed by atoms with Crippen molar-refractivity contribution >= 4 is 17.8 Å². The monoisotopic (exact) mass is 341 g/mol. The third kappa shape index (κ3) is 2.77. The molecule has 1 aliphatic heterocycles. The summed E-state index contributed by atoms with van der Waals surface area (Å²) in [5.74, 6) is -1.80. The molecular weight excluding hydrogens is 318 g/mol. The van der Waals surface area contributed by atoms with Crippen molar-refractivity contribution in [2.24, 2.45) is 11.8 Å². The van der Waals surface area contributed by atoms with Crippen LogP contribution in [0.25, 0.3) is 0 Å². The van der Waals surface area contributed by atoms with E-state index in [0.29, 0.717) is 5.57 Å². The molecule has 3 rings (SSSR count). The van der Waals surface area contributed by atoms with Crippen molar-refractivity contribution in [3.63, 3.8) is 0 Å². The van der Waals surface area contributed by atoms with Crippen LogP contribution in [0.5, 0.6) is 0 Å². The first-order valence-corrected chi connectivity index (χ1v) is 8.61. The van der Waals surface area contributed by atoms with Gasteiger partial charge in [-0.1, -0.05) is 49.8 Å². The second-order valence-corrected chi connectivity index (χ2v) is 7.13. The number of imide groups is 1. The van der Waals surface area contributed by atoms with Crippen LogP contribution >= 0.6 is 0 Å². The van der Waals surface area contributed by atoms with Crippen molar-refractivity contribution < 1.29 is 19.1 Å². The maximum absolute atomic E-state index is 13.2. The van der Waals surface area contributed by atoms with Gasteiger partial charge in [-0.3, -0.25) is 9.59 Å². The summed E-state index contributed by atoms with van der Waals surface area (Å²) in [6, 6.07) is 9.19. The SMILES string of the molecule is CC1=C(C)[C@@H](c2ccccc2)[C@H](C(=O)N2C(=O)OC[C@@H]2C(C)C)C1=O. The zero-order valence-corrected chi connectivity index (χ0v) is 15.0. The molecule has 2 amide bonds. The van der Waals surface area contributed by atoms with E-state index in [9.17, 15) is 14.4 Å². The van der Waals surface area contributed by atoms with Gasteiger partial charge in [0, 0.05) is 5.92 Å². The van der Waals surface area contributed by atoms with Crippen LogP contribution < -0.4 is 0 Å². The van der Waals surface area contributed by atoms with Crippen molar-refractivity contribution in [2.75, 3.05) is 6.61 Å². The molecular formula is C20H23NO4. The number of hydrogen-bond donors (Lipinski definition) is 0. The first-order chi connectivity index (χ1) is 11.8. The Morgan fingerprint density at radius 2 is 1.80 bits per heavy atom. The van der Waals surface area contributed by atoms with Crippen LogP contribution in [0.1, 0.15) is 39.2 Å². The van der Waals surface area contributed by atoms with E-state index in [1.807, 2.05) is 51.1 Å². The van der Waals surface area contributed by atoms with Gasteiger partial charge in [0.25, 0.3) is 0 Å². The number of amides is 2. The van der Waals surface area contributed by atoms with E-state index in [4.69, 9.17) is 4.74 Å². The Morgan fingerprint density at radius 3 is 2.40 bits per heavy atom. The highest BCUT2D eigenvalue weighted by Crippen LogP contribution is 2.43. The number of nitrogens with zero attached hydrogens (tertiary/aromatic N) is 1. The number of rotatable bonds is 3. The van der Waals surface area contributed by atoms with Crippen LogP contribution in [-0.4, -0.2) is 35.3 Å². The quantitative estimate of drug-likeness (QED) is 0.791. The van der Waals surface area contributed by atoms with Crippen molar-refractivity contribution in [3.8, 4) is 0 Å². The van der Waals surface area contributed by atoms with E-state index < -0.39 is 17.9 Å². The largest absolute Gasteiger partial charge is 0.447 e. The number of carbonyl (C=O) groups excluding carboxylic acids is 3. The van der Waals surface area contributed by atoms with Gasteiger partial charge in [0.2, 0.25) is 5.91 Å². The number of ether oxygens (including phenoxy) is 1. The number of allylic oxidation sites excluding steroid dienone is 2. The number of benzene rings is 1. The van der Waals surface area contributed by atoms with Crippen LogP contribution in [0.4, 0.5) is 4.79 Å². The maximum atomic E-state index is 13.2. The summed E-state index contributed by atoms with van der Waals surface area (Å²) in [5.41, 5.74) is 2.42. The molecule has 0 radical (unpaired) electrons. The van der Waals surface area contributed by atoms with Gasteiger partial charge < -0.3 is 4.74 Å². The van der Waals surface area contributed by atoms with Crippen LogP contribution in [0.3, 0.4) is 0 Å². The molecule has 5 heteroatoms. The molecule has 1 aromatic carbocycles. The van der Waals surface area contributed by atoms with E-state index in [1.54, 1.807) is 6.92 Å². The number of hydrogen-bond acceptors (Lipinski definition) is 4. The summed E-state index contributed by atoms with van der Waals surface area (Å²) >= 11 is 0. The molecule has 25 heavy (non-hydrogen) atoms. The minimum atomic E-state index is -0.894. The van der Waals surface area contributed by atoms with E-state index in [1.165, 1.54) is 0 Å². The van der Waals surface area contributed by atoms with Gasteiger partial charge in [0.05, 0.1) is 6.04 Å². The highest BCUT2D eigenvalue weighted by atomic mass is 16.6. The zero-order chi connectivity index (χ0) is 18.3. The van der Waals surface area contributed by atoms with Crippen LogP contribution in [0.15, 0.2) is 41.5 Å². The lowest BCUT2D eigenvalue weighted by atomic mass is 9.83. The summed E-state index contributed by atoms with van der Waals surface area (Å²) in [5, 5.41) is 0. The molecule has 0 N–H and O–H groups in total. The molecule has 3 atom stereocenters. The van der Waals surface area contributed by atoms with E-state index >= 15 is 0 Å². The number of cyclic esters (lactones) is 1. The van der Waals surface area contributed by atoms with Crippen molar-refractivity contribution in [1.82, 2.24) is 4.90 Å². The summed E-state index contributed by atoms with van der Waals surface area (Å²) in [6.45, 7) is 7.70. The van der Waals surface area contributed by atoms with Crippen molar-refractivity contribution in [2.45, 2.75) is 39.7 Å². The van der Waals surface area contributed by atoms with Crippen LogP contribution in [-0.2, 0) is 14.3 Å². The van der Waals surface area contributed by atoms with Gasteiger partial charge in [-0.05, 0) is 30.9 Å². The maximum Gasteiger partial charge on any atom is 0.417 e. The lowest BCUT2D eigenvalue weighted by Gasteiger charge is -2.28. The van der Waals surface area contributed by atoms with Gasteiger partial charge in [0.15, 0.2) is 5.78 Å². The fourth-order valence-corrected chi connectivity index (χ4v) is 3.75. The standard InChI is InChI=1S/C20H23NO4/c1-11(2)15-10-25-20(24)21(15)19(23)17-16(12(3)13(4)18(17)22)14-8-6-5-7-9-14/h5-9,11,15-17H,10H2,1-4H3/t15-,16+,17+/m1/s1. The Bertz CT molecular complexity index is 750. The van der Waals surface area contributed by atoms with Crippen LogP contribution in [0, 0.1) is 11.8 Å². The highest BCUT2D eigenvalue weighted by molar-refractivity contribution is 6.16. The van der Waals surface area contributed by atoms with Gasteiger partial charge in [-0.15, -0.1) is 0 Å². The Hall–Kier alpha value is -2.43. The van der Waals surface area contributed by atoms with Gasteiger partial charge in [-0.2, -0.15) is 0 Å². The van der Waals surface area contributed by atoms with E-state index in [2.05, 4.69) is 0 Å². The number of Topliss-reactive ketones (excluding diaryl/α,β-unsaturated/α-hetero) is 1. The Morgan fingerprint density at radius 1 is 1.16 bits per heavy atom. The predicted molar refractivity (Wildman–Crippen MR) is 92.9 cm³/mol. The molecule has 1 heterocycles. The zero-order valence-electron chi connectivity index (χ0n) is 15.0. The molecule has 0 unspecified atom stereocenters. The van der Waals surface area contributed by atoms with Gasteiger partial charge in [-0.25, -0.2) is 9.69 Å². The number of carbonyl (C=O) groups is 3. The first kappa shape index (κ1) is 17.4. The van der Waals surface area contributed by atoms with Crippen molar-refractivity contribution in [1.29, 1.82) is 0 Å². The number of ketones is 1. The Balaban J connectivity index is 2.01. The molecule has 0 aromatic heterocycles. The lowest BCUT2D eigenvalue weighted by molar-refractivity contribution is -0.138. The molecule has 1 fully saturated rings. The molecule has 0 bridgehead atoms. The Kier molecular flexibility index (Phi) is 4.50. The topological polar surface area (TPSA) is 63.7 Å². The molecule has 0 spiro atoms. The highest BCUT2D eigenvalue weighted by Gasteiger charge is 2.50. The average molecular weight is 341 g/mol. The molecule has 132 valence electrons. The first-order valence-electron chi connectivity index (χ1n) is 8.61. The van der Waals surface area contributed by atoms with Crippen LogP contribution in [0.2, 0.25) is 0 Å². The molecule has 1 aromatic rings. The molecule has 1 aliphatic carbocycles. The third-order valence-corrected chi connectivity index (χ3v) is 5.38. The third-order valence-electron chi connectivity index (χ3n) is 5.38. The summed E-state index contributed by atoms with van der Waals surface area (Å²) < 4.78 is 5.09. The summed E-state index contributed by atoms with van der Waals surface area (Å²) in [6.07, 6.45) is -0.648. The fraction of sp³-hybridized carbons (Fsp3) is 0.450. The molecule has 5 nitrogen and oxygen atoms in total. The van der Waals surface area contributed by atoms with Gasteiger partial charge >= 0.3 is 6.09 Å². The second-order valence-electron chi connectivity index (χ2n) is 7.13. The molecule has 0 saturated carbocycles. The predicted octanol–water partition coefficient (Wildman–Crippen LogP) is 3.31. The second kappa shape index (κ2) is 6.47. The normalized spacial score (nSPS) is 26.6. The summed E-state index contributed by atoms with van der Waals surface area (Å²) in [7, 11) is 0.